The maximum atomic E-state index is 11.7. The molecule has 1 atom stereocenters. The van der Waals surface area contributed by atoms with Gasteiger partial charge in [-0.05, 0) is 19.3 Å². The first-order valence-corrected chi connectivity index (χ1v) is 5.09. The first-order chi connectivity index (χ1) is 7.13. The number of ketones is 1. The summed E-state index contributed by atoms with van der Waals surface area (Å²) >= 11 is 0. The second-order valence-electron chi connectivity index (χ2n) is 3.66. The monoisotopic (exact) mass is 215 g/mol. The van der Waals surface area contributed by atoms with Crippen molar-refractivity contribution in [3.05, 3.63) is 0 Å². The van der Waals surface area contributed by atoms with Crippen LogP contribution in [-0.2, 0) is 19.1 Å². The fourth-order valence-electron chi connectivity index (χ4n) is 1.78. The van der Waals surface area contributed by atoms with Gasteiger partial charge in [-0.2, -0.15) is 0 Å². The van der Waals surface area contributed by atoms with E-state index in [0.29, 0.717) is 19.4 Å². The van der Waals surface area contributed by atoms with E-state index in [1.165, 1.54) is 7.11 Å². The molecule has 1 unspecified atom stereocenters. The van der Waals surface area contributed by atoms with Gasteiger partial charge in [0.1, 0.15) is 0 Å². The van der Waals surface area contributed by atoms with Crippen molar-refractivity contribution in [2.75, 3.05) is 20.3 Å². The lowest BCUT2D eigenvalue weighted by Gasteiger charge is -2.32. The molecule has 1 amide bonds. The largest absolute Gasteiger partial charge is 0.382 e. The molecule has 86 valence electrons. The zero-order valence-corrected chi connectivity index (χ0v) is 8.95. The summed E-state index contributed by atoms with van der Waals surface area (Å²) in [7, 11) is 1.53. The van der Waals surface area contributed by atoms with Gasteiger partial charge < -0.3 is 15.2 Å². The van der Waals surface area contributed by atoms with E-state index in [1.54, 1.807) is 0 Å². The lowest BCUT2D eigenvalue weighted by Crippen LogP contribution is -2.54. The molecule has 0 aromatic heterocycles. The summed E-state index contributed by atoms with van der Waals surface area (Å²) < 4.78 is 10.1. The molecule has 1 fully saturated rings. The third-order valence-electron chi connectivity index (χ3n) is 2.67. The van der Waals surface area contributed by atoms with E-state index in [2.05, 4.69) is 0 Å². The molecule has 1 rings (SSSR count). The van der Waals surface area contributed by atoms with E-state index in [1.807, 2.05) is 0 Å². The zero-order chi connectivity index (χ0) is 11.3. The van der Waals surface area contributed by atoms with E-state index >= 15 is 0 Å². The van der Waals surface area contributed by atoms with Crippen molar-refractivity contribution < 1.29 is 19.1 Å². The molecule has 0 aliphatic heterocycles. The average molecular weight is 215 g/mol. The maximum Gasteiger partial charge on any atom is 0.257 e. The highest BCUT2D eigenvalue weighted by atomic mass is 16.5. The van der Waals surface area contributed by atoms with Crippen molar-refractivity contribution in [1.82, 2.24) is 0 Å². The third kappa shape index (κ3) is 2.54. The van der Waals surface area contributed by atoms with Crippen LogP contribution in [0, 0.1) is 0 Å². The number of rotatable bonds is 5. The molecule has 5 nitrogen and oxygen atoms in total. The molecule has 0 radical (unpaired) electrons. The molecule has 5 heteroatoms. The summed E-state index contributed by atoms with van der Waals surface area (Å²) in [6.07, 6.45) is 2.37. The minimum atomic E-state index is -1.39. The number of amides is 1. The number of Topliss-reactive ketones (excluding diaryl/α,β-unsaturated/α-hetero) is 1. The Morgan fingerprint density at radius 3 is 2.73 bits per heavy atom. The Hall–Kier alpha value is -0.940. The van der Waals surface area contributed by atoms with Crippen molar-refractivity contribution in [3.8, 4) is 0 Å². The quantitative estimate of drug-likeness (QED) is 0.518. The zero-order valence-electron chi connectivity index (χ0n) is 8.95. The molecule has 2 N–H and O–H groups in total. The molecule has 15 heavy (non-hydrogen) atoms. The van der Waals surface area contributed by atoms with Crippen molar-refractivity contribution in [2.24, 2.45) is 5.73 Å². The van der Waals surface area contributed by atoms with E-state index in [9.17, 15) is 9.59 Å². The van der Waals surface area contributed by atoms with Gasteiger partial charge in [-0.25, -0.2) is 0 Å². The van der Waals surface area contributed by atoms with Crippen LogP contribution in [0.1, 0.15) is 25.7 Å². The van der Waals surface area contributed by atoms with Gasteiger partial charge in [-0.1, -0.05) is 0 Å². The van der Waals surface area contributed by atoms with Gasteiger partial charge in [-0.3, -0.25) is 9.59 Å². The van der Waals surface area contributed by atoms with E-state index < -0.39 is 11.5 Å². The number of methoxy groups -OCH3 is 1. The molecule has 0 heterocycles. The van der Waals surface area contributed by atoms with Crippen LogP contribution in [0.4, 0.5) is 0 Å². The lowest BCUT2D eigenvalue weighted by atomic mass is 9.83. The summed E-state index contributed by atoms with van der Waals surface area (Å²) in [5, 5.41) is 0. The van der Waals surface area contributed by atoms with Gasteiger partial charge in [0.2, 0.25) is 5.60 Å². The number of carbonyl (C=O) groups excluding carboxylic acids is 2. The van der Waals surface area contributed by atoms with Gasteiger partial charge in [-0.15, -0.1) is 0 Å². The van der Waals surface area contributed by atoms with Crippen molar-refractivity contribution in [1.29, 1.82) is 0 Å². The molecular formula is C10H17NO4. The van der Waals surface area contributed by atoms with Gasteiger partial charge in [0, 0.05) is 13.5 Å². The maximum absolute atomic E-state index is 11.7. The minimum Gasteiger partial charge on any atom is -0.382 e. The predicted octanol–water partition coefficient (Wildman–Crippen LogP) is 0.0166. The van der Waals surface area contributed by atoms with Crippen molar-refractivity contribution in [3.63, 3.8) is 0 Å². The highest BCUT2D eigenvalue weighted by molar-refractivity contribution is 6.09. The molecule has 0 bridgehead atoms. The molecule has 0 saturated heterocycles. The molecule has 0 spiro atoms. The fraction of sp³-hybridized carbons (Fsp3) is 0.800. The van der Waals surface area contributed by atoms with Gasteiger partial charge in [0.05, 0.1) is 13.2 Å². The Kier molecular flexibility index (Phi) is 4.23. The summed E-state index contributed by atoms with van der Waals surface area (Å²) in [5.74, 6) is -0.874. The van der Waals surface area contributed by atoms with Gasteiger partial charge in [0.25, 0.3) is 5.91 Å². The third-order valence-corrected chi connectivity index (χ3v) is 2.67. The second kappa shape index (κ2) is 5.23. The van der Waals surface area contributed by atoms with E-state index in [0.717, 1.165) is 12.8 Å². The van der Waals surface area contributed by atoms with Crippen LogP contribution in [0.2, 0.25) is 0 Å². The Balaban J connectivity index is 2.68. The number of ether oxygens (including phenoxy) is 2. The molecule has 1 saturated carbocycles. The highest BCUT2D eigenvalue weighted by Gasteiger charge is 2.46. The molecule has 1 aliphatic carbocycles. The number of hydrogen-bond acceptors (Lipinski definition) is 4. The highest BCUT2D eigenvalue weighted by Crippen LogP contribution is 2.28. The summed E-state index contributed by atoms with van der Waals surface area (Å²) in [6.45, 7) is 0.563. The summed E-state index contributed by atoms with van der Waals surface area (Å²) in [6, 6.07) is 0. The molecule has 0 aromatic rings. The fourth-order valence-corrected chi connectivity index (χ4v) is 1.78. The van der Waals surface area contributed by atoms with Crippen LogP contribution in [0.5, 0.6) is 0 Å². The lowest BCUT2D eigenvalue weighted by molar-refractivity contribution is -0.162. The Labute approximate surface area is 88.9 Å². The SMILES string of the molecule is COCCOC1(C(N)=O)CCCCC1=O. The Morgan fingerprint density at radius 2 is 2.20 bits per heavy atom. The summed E-state index contributed by atoms with van der Waals surface area (Å²) in [5.41, 5.74) is 3.86. The minimum absolute atomic E-state index is 0.197. The Morgan fingerprint density at radius 1 is 1.47 bits per heavy atom. The topological polar surface area (TPSA) is 78.6 Å². The molecule has 1 aliphatic rings. The van der Waals surface area contributed by atoms with Crippen molar-refractivity contribution >= 4 is 11.7 Å². The van der Waals surface area contributed by atoms with Crippen molar-refractivity contribution in [2.45, 2.75) is 31.3 Å². The van der Waals surface area contributed by atoms with Crippen LogP contribution in [0.25, 0.3) is 0 Å². The van der Waals surface area contributed by atoms with Gasteiger partial charge >= 0.3 is 0 Å². The average Bonchev–Trinajstić information content (AvgIpc) is 2.21. The smallest absolute Gasteiger partial charge is 0.257 e. The number of carbonyl (C=O) groups is 2. The predicted molar refractivity (Wildman–Crippen MR) is 53.2 cm³/mol. The van der Waals surface area contributed by atoms with Crippen LogP contribution < -0.4 is 5.73 Å². The van der Waals surface area contributed by atoms with Gasteiger partial charge in [0.15, 0.2) is 5.78 Å². The normalized spacial score (nSPS) is 26.6. The first-order valence-electron chi connectivity index (χ1n) is 5.09. The second-order valence-corrected chi connectivity index (χ2v) is 3.66. The number of hydrogen-bond donors (Lipinski definition) is 1. The number of primary amides is 1. The van der Waals surface area contributed by atoms with E-state index in [-0.39, 0.29) is 12.4 Å². The van der Waals surface area contributed by atoms with Crippen LogP contribution in [0.3, 0.4) is 0 Å². The van der Waals surface area contributed by atoms with Crippen LogP contribution >= 0.6 is 0 Å². The molecule has 0 aromatic carbocycles. The summed E-state index contributed by atoms with van der Waals surface area (Å²) in [4.78, 5) is 23.0. The number of nitrogens with two attached hydrogens (primary N) is 1. The van der Waals surface area contributed by atoms with Crippen LogP contribution in [0.15, 0.2) is 0 Å². The standard InChI is InChI=1S/C10H17NO4/c1-14-6-7-15-10(9(11)13)5-3-2-4-8(10)12/h2-7H2,1H3,(H2,11,13). The Bertz CT molecular complexity index is 254. The molecular weight excluding hydrogens is 198 g/mol. The first kappa shape index (κ1) is 12.1. The van der Waals surface area contributed by atoms with E-state index in [4.69, 9.17) is 15.2 Å². The van der Waals surface area contributed by atoms with Crippen LogP contribution in [-0.4, -0.2) is 37.6 Å².